The van der Waals surface area contributed by atoms with Gasteiger partial charge in [-0.25, -0.2) is 9.78 Å². The summed E-state index contributed by atoms with van der Waals surface area (Å²) in [6, 6.07) is 12.8. The second-order valence-electron chi connectivity index (χ2n) is 6.33. The topological polar surface area (TPSA) is 43.6 Å². The molecule has 0 bridgehead atoms. The third-order valence-electron chi connectivity index (χ3n) is 4.35. The average Bonchev–Trinajstić information content (AvgIpc) is 3.05. The average molecular weight is 336 g/mol. The number of hydrogen-bond acceptors (Lipinski definition) is 3. The molecule has 0 spiro atoms. The quantitative estimate of drug-likeness (QED) is 0.438. The number of ether oxygens (including phenoxy) is 1. The molecule has 0 amide bonds. The number of imidazole rings is 1. The minimum atomic E-state index is -0.359. The van der Waals surface area contributed by atoms with E-state index in [1.807, 2.05) is 34.9 Å². The Morgan fingerprint density at radius 2 is 1.76 bits per heavy atom. The molecule has 2 heterocycles. The monoisotopic (exact) mass is 336 g/mol. The van der Waals surface area contributed by atoms with Crippen molar-refractivity contribution in [3.8, 4) is 5.75 Å². The molecule has 0 N–H and O–H groups in total. The van der Waals surface area contributed by atoms with Gasteiger partial charge in [-0.05, 0) is 37.1 Å². The molecule has 0 unspecified atom stereocenters. The number of rotatable bonds is 7. The van der Waals surface area contributed by atoms with Crippen LogP contribution >= 0.6 is 0 Å². The van der Waals surface area contributed by atoms with Gasteiger partial charge in [0.2, 0.25) is 0 Å². The molecule has 0 aliphatic carbocycles. The summed E-state index contributed by atoms with van der Waals surface area (Å²) in [6.45, 7) is 4.41. The van der Waals surface area contributed by atoms with Gasteiger partial charge in [0.1, 0.15) is 11.4 Å². The summed E-state index contributed by atoms with van der Waals surface area (Å²) in [7, 11) is 0. The number of para-hydroxylation sites is 1. The lowest BCUT2D eigenvalue weighted by Crippen LogP contribution is -2.09. The molecule has 0 aliphatic rings. The van der Waals surface area contributed by atoms with Crippen molar-refractivity contribution in [3.05, 3.63) is 66.1 Å². The highest BCUT2D eigenvalue weighted by molar-refractivity contribution is 5.91. The zero-order valence-electron chi connectivity index (χ0n) is 14.8. The van der Waals surface area contributed by atoms with E-state index in [4.69, 9.17) is 9.72 Å². The van der Waals surface area contributed by atoms with E-state index >= 15 is 0 Å². The molecule has 130 valence electrons. The Balaban J connectivity index is 1.83. The number of carbonyl (C=O) groups excluding carboxylic acids is 1. The van der Waals surface area contributed by atoms with Gasteiger partial charge in [0.15, 0.2) is 0 Å². The number of aromatic nitrogens is 2. The van der Waals surface area contributed by atoms with Crippen molar-refractivity contribution in [2.24, 2.45) is 0 Å². The van der Waals surface area contributed by atoms with Crippen LogP contribution in [0.2, 0.25) is 0 Å². The van der Waals surface area contributed by atoms with E-state index in [0.29, 0.717) is 17.2 Å². The van der Waals surface area contributed by atoms with Gasteiger partial charge >= 0.3 is 5.97 Å². The molecule has 0 saturated heterocycles. The van der Waals surface area contributed by atoms with Crippen molar-refractivity contribution in [3.63, 3.8) is 0 Å². The second kappa shape index (κ2) is 7.97. The lowest BCUT2D eigenvalue weighted by atomic mass is 9.95. The van der Waals surface area contributed by atoms with Crippen LogP contribution in [-0.2, 0) is 0 Å². The number of pyridine rings is 1. The Morgan fingerprint density at radius 3 is 2.44 bits per heavy atom. The van der Waals surface area contributed by atoms with Crippen molar-refractivity contribution in [2.45, 2.75) is 45.4 Å². The molecule has 3 rings (SSSR count). The van der Waals surface area contributed by atoms with Crippen LogP contribution in [0.4, 0.5) is 0 Å². The Hall–Kier alpha value is -2.62. The Kier molecular flexibility index (Phi) is 5.49. The Bertz CT molecular complexity index is 833. The Morgan fingerprint density at radius 1 is 1.04 bits per heavy atom. The van der Waals surface area contributed by atoms with Gasteiger partial charge < -0.3 is 9.14 Å². The van der Waals surface area contributed by atoms with Gasteiger partial charge in [-0.1, -0.05) is 44.9 Å². The lowest BCUT2D eigenvalue weighted by molar-refractivity contribution is 0.0734. The van der Waals surface area contributed by atoms with E-state index in [2.05, 4.69) is 13.8 Å². The summed E-state index contributed by atoms with van der Waals surface area (Å²) in [5, 5.41) is 0. The third-order valence-corrected chi connectivity index (χ3v) is 4.35. The van der Waals surface area contributed by atoms with E-state index in [1.54, 1.807) is 24.4 Å². The van der Waals surface area contributed by atoms with Crippen LogP contribution in [0.15, 0.2) is 54.9 Å². The first kappa shape index (κ1) is 17.2. The molecule has 0 saturated carbocycles. The molecule has 2 aromatic heterocycles. The molecule has 1 aromatic carbocycles. The standard InChI is InChI=1S/C21H24N2O2/c1-3-8-16(9-4-2)19-15-23-14-17(12-13-20(23)22-19)21(24)25-18-10-6-5-7-11-18/h5-7,10-16H,3-4,8-9H2,1-2H3. The summed E-state index contributed by atoms with van der Waals surface area (Å²) in [5.74, 6) is 0.668. The molecule has 0 radical (unpaired) electrons. The first-order valence-electron chi connectivity index (χ1n) is 8.97. The molecular weight excluding hydrogens is 312 g/mol. The summed E-state index contributed by atoms with van der Waals surface area (Å²) >= 11 is 0. The summed E-state index contributed by atoms with van der Waals surface area (Å²) in [4.78, 5) is 17.1. The van der Waals surface area contributed by atoms with Gasteiger partial charge in [0, 0.05) is 18.3 Å². The largest absolute Gasteiger partial charge is 0.423 e. The maximum Gasteiger partial charge on any atom is 0.345 e. The fourth-order valence-corrected chi connectivity index (χ4v) is 3.12. The molecule has 3 aromatic rings. The van der Waals surface area contributed by atoms with Crippen LogP contribution in [-0.4, -0.2) is 15.4 Å². The van der Waals surface area contributed by atoms with Crippen LogP contribution in [0.1, 0.15) is 61.5 Å². The van der Waals surface area contributed by atoms with Crippen LogP contribution in [0.25, 0.3) is 5.65 Å². The molecule has 25 heavy (non-hydrogen) atoms. The number of carbonyl (C=O) groups is 1. The zero-order chi connectivity index (χ0) is 17.6. The van der Waals surface area contributed by atoms with Gasteiger partial charge in [0.05, 0.1) is 11.3 Å². The smallest absolute Gasteiger partial charge is 0.345 e. The van der Waals surface area contributed by atoms with Crippen LogP contribution in [0.3, 0.4) is 0 Å². The van der Waals surface area contributed by atoms with Crippen LogP contribution in [0, 0.1) is 0 Å². The van der Waals surface area contributed by atoms with E-state index in [1.165, 1.54) is 0 Å². The number of benzene rings is 1. The molecule has 0 fully saturated rings. The summed E-state index contributed by atoms with van der Waals surface area (Å²) in [6.07, 6.45) is 8.41. The van der Waals surface area contributed by atoms with Gasteiger partial charge in [-0.2, -0.15) is 0 Å². The van der Waals surface area contributed by atoms with Crippen molar-refractivity contribution in [1.29, 1.82) is 0 Å². The van der Waals surface area contributed by atoms with E-state index in [0.717, 1.165) is 37.0 Å². The molecule has 4 nitrogen and oxygen atoms in total. The van der Waals surface area contributed by atoms with Gasteiger partial charge in [-0.3, -0.25) is 0 Å². The number of nitrogens with zero attached hydrogens (tertiary/aromatic N) is 2. The maximum atomic E-state index is 12.3. The summed E-state index contributed by atoms with van der Waals surface area (Å²) < 4.78 is 7.33. The van der Waals surface area contributed by atoms with Crippen molar-refractivity contribution >= 4 is 11.6 Å². The molecule has 4 heteroatoms. The van der Waals surface area contributed by atoms with E-state index in [9.17, 15) is 4.79 Å². The first-order valence-corrected chi connectivity index (χ1v) is 8.97. The van der Waals surface area contributed by atoms with Crippen LogP contribution in [0.5, 0.6) is 5.75 Å². The number of fused-ring (bicyclic) bond motifs is 1. The maximum absolute atomic E-state index is 12.3. The van der Waals surface area contributed by atoms with Crippen LogP contribution < -0.4 is 4.74 Å². The normalized spacial score (nSPS) is 11.2. The van der Waals surface area contributed by atoms with Crippen molar-refractivity contribution < 1.29 is 9.53 Å². The highest BCUT2D eigenvalue weighted by Gasteiger charge is 2.15. The SMILES string of the molecule is CCCC(CCC)c1cn2cc(C(=O)Oc3ccccc3)ccc2n1. The van der Waals surface area contributed by atoms with Crippen molar-refractivity contribution in [2.75, 3.05) is 0 Å². The molecular formula is C21H24N2O2. The fraction of sp³-hybridized carbons (Fsp3) is 0.333. The summed E-state index contributed by atoms with van der Waals surface area (Å²) in [5.41, 5.74) is 2.49. The van der Waals surface area contributed by atoms with Gasteiger partial charge in [-0.15, -0.1) is 0 Å². The highest BCUT2D eigenvalue weighted by Crippen LogP contribution is 2.26. The Labute approximate surface area is 148 Å². The molecule has 0 atom stereocenters. The second-order valence-corrected chi connectivity index (χ2v) is 6.33. The predicted octanol–water partition coefficient (Wildman–Crippen LogP) is 5.24. The fourth-order valence-electron chi connectivity index (χ4n) is 3.12. The third kappa shape index (κ3) is 4.08. The minimum Gasteiger partial charge on any atom is -0.423 e. The number of esters is 1. The first-order chi connectivity index (χ1) is 12.2. The lowest BCUT2D eigenvalue weighted by Gasteiger charge is -2.11. The van der Waals surface area contributed by atoms with E-state index in [-0.39, 0.29) is 5.97 Å². The number of hydrogen-bond donors (Lipinski definition) is 0. The van der Waals surface area contributed by atoms with Gasteiger partial charge in [0.25, 0.3) is 0 Å². The van der Waals surface area contributed by atoms with Crippen molar-refractivity contribution in [1.82, 2.24) is 9.38 Å². The predicted molar refractivity (Wildman–Crippen MR) is 99.1 cm³/mol. The highest BCUT2D eigenvalue weighted by atomic mass is 16.5. The molecule has 0 aliphatic heterocycles. The zero-order valence-corrected chi connectivity index (χ0v) is 14.8. The minimum absolute atomic E-state index is 0.359. The van der Waals surface area contributed by atoms with E-state index < -0.39 is 0 Å².